The van der Waals surface area contributed by atoms with Crippen LogP contribution in [-0.2, 0) is 4.79 Å². The second-order valence-corrected chi connectivity index (χ2v) is 5.53. The van der Waals surface area contributed by atoms with Crippen molar-refractivity contribution in [2.75, 3.05) is 5.32 Å². The molecule has 1 atom stereocenters. The molecule has 0 aliphatic carbocycles. The number of amides is 1. The summed E-state index contributed by atoms with van der Waals surface area (Å²) < 4.78 is 0. The molecule has 0 bridgehead atoms. The van der Waals surface area contributed by atoms with Crippen LogP contribution in [0.1, 0.15) is 24.8 Å². The van der Waals surface area contributed by atoms with Crippen LogP contribution in [0.15, 0.2) is 48.5 Å². The molecule has 0 aliphatic rings. The molecule has 20 heavy (non-hydrogen) atoms. The van der Waals surface area contributed by atoms with Crippen LogP contribution in [0, 0.1) is 0 Å². The molecule has 2 nitrogen and oxygen atoms in total. The van der Waals surface area contributed by atoms with Gasteiger partial charge >= 0.3 is 0 Å². The SMILES string of the molecule is C[C@@H](CC(=O)Nc1ccc(Cl)cc1Cl)c1ccccc1. The van der Waals surface area contributed by atoms with Gasteiger partial charge in [0.15, 0.2) is 0 Å². The van der Waals surface area contributed by atoms with Crippen molar-refractivity contribution in [3.63, 3.8) is 0 Å². The number of benzene rings is 2. The van der Waals surface area contributed by atoms with E-state index in [1.807, 2.05) is 37.3 Å². The number of rotatable bonds is 4. The molecule has 0 saturated carbocycles. The second kappa shape index (κ2) is 6.78. The van der Waals surface area contributed by atoms with Gasteiger partial charge in [0.05, 0.1) is 10.7 Å². The van der Waals surface area contributed by atoms with E-state index < -0.39 is 0 Å². The largest absolute Gasteiger partial charge is 0.325 e. The first-order valence-electron chi connectivity index (χ1n) is 6.36. The number of hydrogen-bond donors (Lipinski definition) is 1. The third-order valence-electron chi connectivity index (χ3n) is 3.07. The topological polar surface area (TPSA) is 29.1 Å². The van der Waals surface area contributed by atoms with Crippen LogP contribution in [0.25, 0.3) is 0 Å². The summed E-state index contributed by atoms with van der Waals surface area (Å²) in [6, 6.07) is 15.0. The predicted molar refractivity (Wildman–Crippen MR) is 84.6 cm³/mol. The molecule has 0 unspecified atom stereocenters. The minimum absolute atomic E-state index is 0.0643. The Morgan fingerprint density at radius 2 is 1.85 bits per heavy atom. The van der Waals surface area contributed by atoms with Crippen LogP contribution in [0.2, 0.25) is 10.0 Å². The highest BCUT2D eigenvalue weighted by molar-refractivity contribution is 6.36. The van der Waals surface area contributed by atoms with Gasteiger partial charge in [-0.2, -0.15) is 0 Å². The summed E-state index contributed by atoms with van der Waals surface area (Å²) in [7, 11) is 0. The number of anilines is 1. The maximum Gasteiger partial charge on any atom is 0.225 e. The number of carbonyl (C=O) groups excluding carboxylic acids is 1. The Hall–Kier alpha value is -1.51. The van der Waals surface area contributed by atoms with Crippen LogP contribution in [0.4, 0.5) is 5.69 Å². The Balaban J connectivity index is 1.99. The molecule has 0 aromatic heterocycles. The van der Waals surface area contributed by atoms with E-state index in [9.17, 15) is 4.79 Å². The fourth-order valence-electron chi connectivity index (χ4n) is 1.97. The van der Waals surface area contributed by atoms with Crippen LogP contribution >= 0.6 is 23.2 Å². The lowest BCUT2D eigenvalue weighted by molar-refractivity contribution is -0.116. The zero-order valence-corrected chi connectivity index (χ0v) is 12.6. The zero-order chi connectivity index (χ0) is 14.5. The molecule has 0 fully saturated rings. The summed E-state index contributed by atoms with van der Waals surface area (Å²) in [5, 5.41) is 3.80. The molecule has 0 radical (unpaired) electrons. The maximum atomic E-state index is 12.0. The van der Waals surface area contributed by atoms with E-state index >= 15 is 0 Å². The van der Waals surface area contributed by atoms with Gasteiger partial charge in [0.25, 0.3) is 0 Å². The van der Waals surface area contributed by atoms with Gasteiger partial charge in [0.2, 0.25) is 5.91 Å². The molecule has 1 amide bonds. The average Bonchev–Trinajstić information content (AvgIpc) is 2.43. The van der Waals surface area contributed by atoms with Gasteiger partial charge in [-0.1, -0.05) is 60.5 Å². The number of hydrogen-bond acceptors (Lipinski definition) is 1. The molecule has 0 aliphatic heterocycles. The third-order valence-corrected chi connectivity index (χ3v) is 3.61. The van der Waals surface area contributed by atoms with Gasteiger partial charge in [-0.15, -0.1) is 0 Å². The van der Waals surface area contributed by atoms with Gasteiger partial charge in [-0.05, 0) is 29.7 Å². The minimum Gasteiger partial charge on any atom is -0.325 e. The summed E-state index contributed by atoms with van der Waals surface area (Å²) in [5.74, 6) is 0.0906. The van der Waals surface area contributed by atoms with E-state index in [4.69, 9.17) is 23.2 Å². The molecule has 2 aromatic rings. The summed E-state index contributed by atoms with van der Waals surface area (Å²) in [5.41, 5.74) is 1.73. The van der Waals surface area contributed by atoms with Crippen molar-refractivity contribution in [1.82, 2.24) is 0 Å². The van der Waals surface area contributed by atoms with Crippen molar-refractivity contribution < 1.29 is 4.79 Å². The van der Waals surface area contributed by atoms with E-state index in [1.54, 1.807) is 18.2 Å². The van der Waals surface area contributed by atoms with Crippen LogP contribution < -0.4 is 5.32 Å². The summed E-state index contributed by atoms with van der Waals surface area (Å²) >= 11 is 11.8. The average molecular weight is 308 g/mol. The fourth-order valence-corrected chi connectivity index (χ4v) is 2.43. The first kappa shape index (κ1) is 14.9. The van der Waals surface area contributed by atoms with Gasteiger partial charge < -0.3 is 5.32 Å². The van der Waals surface area contributed by atoms with Crippen LogP contribution in [0.5, 0.6) is 0 Å². The molecule has 0 spiro atoms. The van der Waals surface area contributed by atoms with Crippen molar-refractivity contribution in [3.05, 3.63) is 64.1 Å². The first-order chi connectivity index (χ1) is 9.56. The van der Waals surface area contributed by atoms with Gasteiger partial charge in [0.1, 0.15) is 0 Å². The lowest BCUT2D eigenvalue weighted by Gasteiger charge is -2.12. The predicted octanol–water partition coefficient (Wildman–Crippen LogP) is 5.13. The lowest BCUT2D eigenvalue weighted by Crippen LogP contribution is -2.14. The Morgan fingerprint density at radius 1 is 1.15 bits per heavy atom. The van der Waals surface area contributed by atoms with E-state index in [1.165, 1.54) is 0 Å². The van der Waals surface area contributed by atoms with Crippen LogP contribution in [0.3, 0.4) is 0 Å². The molecule has 4 heteroatoms. The van der Waals surface area contributed by atoms with Crippen molar-refractivity contribution in [2.24, 2.45) is 0 Å². The van der Waals surface area contributed by atoms with E-state index in [0.717, 1.165) is 5.56 Å². The highest BCUT2D eigenvalue weighted by Gasteiger charge is 2.12. The van der Waals surface area contributed by atoms with Crippen molar-refractivity contribution >= 4 is 34.8 Å². The molecular weight excluding hydrogens is 293 g/mol. The number of halogens is 2. The fraction of sp³-hybridized carbons (Fsp3) is 0.188. The molecule has 0 saturated heterocycles. The quantitative estimate of drug-likeness (QED) is 0.834. The van der Waals surface area contributed by atoms with E-state index in [-0.39, 0.29) is 11.8 Å². The zero-order valence-electron chi connectivity index (χ0n) is 11.1. The Labute approximate surface area is 128 Å². The molecule has 104 valence electrons. The van der Waals surface area contributed by atoms with Crippen molar-refractivity contribution in [1.29, 1.82) is 0 Å². The second-order valence-electron chi connectivity index (χ2n) is 4.69. The minimum atomic E-state index is -0.0643. The summed E-state index contributed by atoms with van der Waals surface area (Å²) in [6.45, 7) is 2.03. The van der Waals surface area contributed by atoms with Crippen molar-refractivity contribution in [3.8, 4) is 0 Å². The van der Waals surface area contributed by atoms with Crippen molar-refractivity contribution in [2.45, 2.75) is 19.3 Å². The van der Waals surface area contributed by atoms with Gasteiger partial charge in [-0.25, -0.2) is 0 Å². The van der Waals surface area contributed by atoms with Crippen LogP contribution in [-0.4, -0.2) is 5.91 Å². The van der Waals surface area contributed by atoms with E-state index in [0.29, 0.717) is 22.2 Å². The smallest absolute Gasteiger partial charge is 0.225 e. The Bertz CT molecular complexity index is 599. The third kappa shape index (κ3) is 3.99. The first-order valence-corrected chi connectivity index (χ1v) is 7.11. The Morgan fingerprint density at radius 3 is 2.50 bits per heavy atom. The molecule has 2 aromatic carbocycles. The molecule has 2 rings (SSSR count). The Kier molecular flexibility index (Phi) is 5.05. The monoisotopic (exact) mass is 307 g/mol. The highest BCUT2D eigenvalue weighted by Crippen LogP contribution is 2.26. The summed E-state index contributed by atoms with van der Waals surface area (Å²) in [4.78, 5) is 12.0. The molecule has 1 N–H and O–H groups in total. The van der Waals surface area contributed by atoms with Gasteiger partial charge in [-0.3, -0.25) is 4.79 Å². The lowest BCUT2D eigenvalue weighted by atomic mass is 9.97. The normalized spacial score (nSPS) is 11.9. The highest BCUT2D eigenvalue weighted by atomic mass is 35.5. The standard InChI is InChI=1S/C16H15Cl2NO/c1-11(12-5-3-2-4-6-12)9-16(20)19-15-8-7-13(17)10-14(15)18/h2-8,10-11H,9H2,1H3,(H,19,20)/t11-/m0/s1. The van der Waals surface area contributed by atoms with E-state index in [2.05, 4.69) is 5.32 Å². The number of nitrogens with one attached hydrogen (secondary N) is 1. The number of carbonyl (C=O) groups is 1. The van der Waals surface area contributed by atoms with Gasteiger partial charge in [0, 0.05) is 11.4 Å². The molecule has 0 heterocycles. The summed E-state index contributed by atoms with van der Waals surface area (Å²) in [6.07, 6.45) is 0.406. The molecular formula is C16H15Cl2NO. The maximum absolute atomic E-state index is 12.0.